The Kier molecular flexibility index (Phi) is 10.7. The van der Waals surface area contributed by atoms with Gasteiger partial charge in [-0.05, 0) is 51.5 Å². The van der Waals surface area contributed by atoms with E-state index in [0.717, 1.165) is 5.69 Å². The number of anilines is 3. The third-order valence-corrected chi connectivity index (χ3v) is 7.80. The second-order valence-corrected chi connectivity index (χ2v) is 10.8. The molecule has 1 unspecified atom stereocenters. The maximum Gasteiger partial charge on any atom is 0.330 e. The summed E-state index contributed by atoms with van der Waals surface area (Å²) in [5.41, 5.74) is 14.0. The second kappa shape index (κ2) is 14.0. The Labute approximate surface area is 232 Å². The van der Waals surface area contributed by atoms with Crippen molar-refractivity contribution in [3.8, 4) is 0 Å². The molecule has 1 amide bonds. The van der Waals surface area contributed by atoms with Crippen molar-refractivity contribution >= 4 is 48.1 Å². The van der Waals surface area contributed by atoms with Gasteiger partial charge in [0.2, 0.25) is 5.95 Å². The Bertz CT molecular complexity index is 1360. The minimum atomic E-state index is -3.41. The highest BCUT2D eigenvalue weighted by atomic mass is 31.2. The summed E-state index contributed by atoms with van der Waals surface area (Å²) in [7, 11) is -1.55. The number of carbonyl (C=O) groups excluding carboxylic acids is 2. The Morgan fingerprint density at radius 2 is 1.70 bits per heavy atom. The number of amides is 1. The van der Waals surface area contributed by atoms with E-state index >= 15 is 0 Å². The van der Waals surface area contributed by atoms with E-state index in [-0.39, 0.29) is 44.2 Å². The lowest BCUT2D eigenvalue weighted by Gasteiger charge is -2.22. The van der Waals surface area contributed by atoms with E-state index in [4.69, 9.17) is 25.3 Å². The molecule has 40 heavy (non-hydrogen) atoms. The molecule has 3 aromatic rings. The number of rotatable bonds is 14. The van der Waals surface area contributed by atoms with Crippen LogP contribution in [0.3, 0.4) is 0 Å². The van der Waals surface area contributed by atoms with E-state index in [2.05, 4.69) is 25.3 Å². The van der Waals surface area contributed by atoms with Gasteiger partial charge in [0.1, 0.15) is 6.04 Å². The molecule has 5 N–H and O–H groups in total. The highest BCUT2D eigenvalue weighted by Gasteiger charge is 2.30. The van der Waals surface area contributed by atoms with Gasteiger partial charge in [-0.1, -0.05) is 0 Å². The molecular weight excluding hydrogens is 539 g/mol. The predicted molar refractivity (Wildman–Crippen MR) is 151 cm³/mol. The van der Waals surface area contributed by atoms with Crippen molar-refractivity contribution < 1.29 is 27.9 Å². The van der Waals surface area contributed by atoms with E-state index < -0.39 is 25.5 Å². The molecule has 0 aliphatic rings. The van der Waals surface area contributed by atoms with Crippen LogP contribution < -0.4 is 21.7 Å². The summed E-state index contributed by atoms with van der Waals surface area (Å²) < 4.78 is 28.5. The molecule has 0 aliphatic carbocycles. The topological polar surface area (TPSA) is 198 Å². The van der Waals surface area contributed by atoms with E-state index in [9.17, 15) is 14.2 Å². The van der Waals surface area contributed by atoms with Crippen LogP contribution in [-0.4, -0.2) is 70.9 Å². The van der Waals surface area contributed by atoms with E-state index in [1.165, 1.54) is 0 Å². The van der Waals surface area contributed by atoms with Crippen LogP contribution in [-0.2, 0) is 29.7 Å². The number of nitrogens with one attached hydrogen (secondary N) is 1. The Morgan fingerprint density at radius 3 is 2.33 bits per heavy atom. The second-order valence-electron chi connectivity index (χ2n) is 8.64. The van der Waals surface area contributed by atoms with Gasteiger partial charge < -0.3 is 35.5 Å². The first kappa shape index (κ1) is 30.7. The summed E-state index contributed by atoms with van der Waals surface area (Å²) in [5.74, 6) is -0.936. The first-order valence-electron chi connectivity index (χ1n) is 12.8. The molecule has 2 aromatic heterocycles. The maximum absolute atomic E-state index is 13.0. The SMILES string of the molecule is CCOC(=O)C(CCP(=O)(OCC)OCC)NC(=O)c1ccc(N(C)Cc2cnc3nc(N)nc(N)c3n2)cc1. The molecule has 2 heterocycles. The van der Waals surface area contributed by atoms with Crippen molar-refractivity contribution in [2.45, 2.75) is 39.8 Å². The highest BCUT2D eigenvalue weighted by Crippen LogP contribution is 2.48. The van der Waals surface area contributed by atoms with E-state index in [1.54, 1.807) is 51.2 Å². The summed E-state index contributed by atoms with van der Waals surface area (Å²) in [6, 6.07) is 5.77. The van der Waals surface area contributed by atoms with Crippen LogP contribution in [0.5, 0.6) is 0 Å². The van der Waals surface area contributed by atoms with Gasteiger partial charge >= 0.3 is 13.6 Å². The standard InChI is InChI=1S/C25H35N8O6P/c1-5-37-24(35)19(12-13-40(36,38-6-2)39-7-3)30-23(34)16-8-10-18(11-9-16)33(4)15-17-14-28-22-20(29-17)21(26)31-25(27)32-22/h8-11,14,19H,5-7,12-13,15H2,1-4H3,(H,30,34)(H4,26,27,28,31,32). The fourth-order valence-electron chi connectivity index (χ4n) is 3.84. The van der Waals surface area contributed by atoms with Crippen molar-refractivity contribution in [2.75, 3.05) is 49.4 Å². The van der Waals surface area contributed by atoms with Crippen LogP contribution in [0.1, 0.15) is 43.2 Å². The first-order chi connectivity index (χ1) is 19.1. The Balaban J connectivity index is 1.68. The van der Waals surface area contributed by atoms with E-state index in [1.807, 2.05) is 11.9 Å². The number of benzene rings is 1. The smallest absolute Gasteiger partial charge is 0.330 e. The lowest BCUT2D eigenvalue weighted by molar-refractivity contribution is -0.145. The number of nitrogens with two attached hydrogens (primary N) is 2. The molecule has 0 spiro atoms. The zero-order valence-electron chi connectivity index (χ0n) is 23.0. The Hall–Kier alpha value is -3.87. The molecule has 0 saturated carbocycles. The molecule has 0 radical (unpaired) electrons. The van der Waals surface area contributed by atoms with Crippen LogP contribution in [0.2, 0.25) is 0 Å². The van der Waals surface area contributed by atoms with Gasteiger partial charge in [-0.3, -0.25) is 9.36 Å². The average Bonchev–Trinajstić information content (AvgIpc) is 2.91. The molecule has 0 fully saturated rings. The molecular formula is C25H35N8O6P. The lowest BCUT2D eigenvalue weighted by Crippen LogP contribution is -2.42. The number of ether oxygens (including phenoxy) is 1. The zero-order valence-corrected chi connectivity index (χ0v) is 23.9. The first-order valence-corrected chi connectivity index (χ1v) is 14.5. The predicted octanol–water partition coefficient (Wildman–Crippen LogP) is 2.54. The monoisotopic (exact) mass is 574 g/mol. The largest absolute Gasteiger partial charge is 0.464 e. The minimum Gasteiger partial charge on any atom is -0.464 e. The molecule has 216 valence electrons. The number of fused-ring (bicyclic) bond motifs is 1. The van der Waals surface area contributed by atoms with Crippen LogP contribution in [0, 0.1) is 0 Å². The number of esters is 1. The normalized spacial score (nSPS) is 12.2. The third-order valence-electron chi connectivity index (χ3n) is 5.69. The van der Waals surface area contributed by atoms with Crippen molar-refractivity contribution in [1.29, 1.82) is 0 Å². The van der Waals surface area contributed by atoms with Gasteiger partial charge in [0.15, 0.2) is 17.0 Å². The quantitative estimate of drug-likeness (QED) is 0.188. The van der Waals surface area contributed by atoms with Crippen molar-refractivity contribution in [1.82, 2.24) is 25.3 Å². The Morgan fingerprint density at radius 1 is 1.02 bits per heavy atom. The van der Waals surface area contributed by atoms with Crippen molar-refractivity contribution in [2.24, 2.45) is 0 Å². The van der Waals surface area contributed by atoms with Gasteiger partial charge in [0.05, 0.1) is 44.4 Å². The van der Waals surface area contributed by atoms with Crippen LogP contribution in [0.4, 0.5) is 17.5 Å². The molecule has 14 nitrogen and oxygen atoms in total. The maximum atomic E-state index is 13.0. The molecule has 3 rings (SSSR count). The summed E-state index contributed by atoms with van der Waals surface area (Å²) >= 11 is 0. The van der Waals surface area contributed by atoms with Gasteiger partial charge in [0, 0.05) is 18.3 Å². The number of nitrogens with zero attached hydrogens (tertiary/aromatic N) is 5. The number of aromatic nitrogens is 4. The molecule has 0 saturated heterocycles. The van der Waals surface area contributed by atoms with Gasteiger partial charge in [0.25, 0.3) is 5.91 Å². The fourth-order valence-corrected chi connectivity index (χ4v) is 5.53. The van der Waals surface area contributed by atoms with Gasteiger partial charge in [-0.15, -0.1) is 0 Å². The zero-order chi connectivity index (χ0) is 29.3. The van der Waals surface area contributed by atoms with E-state index in [0.29, 0.717) is 29.0 Å². The molecule has 1 aromatic carbocycles. The number of hydrogen-bond acceptors (Lipinski definition) is 13. The van der Waals surface area contributed by atoms with Crippen LogP contribution >= 0.6 is 7.60 Å². The van der Waals surface area contributed by atoms with Crippen molar-refractivity contribution in [3.05, 3.63) is 41.7 Å². The highest BCUT2D eigenvalue weighted by molar-refractivity contribution is 7.53. The van der Waals surface area contributed by atoms with Gasteiger partial charge in [-0.2, -0.15) is 9.97 Å². The van der Waals surface area contributed by atoms with Crippen LogP contribution in [0.15, 0.2) is 30.5 Å². The fraction of sp³-hybridized carbons (Fsp3) is 0.440. The lowest BCUT2D eigenvalue weighted by atomic mass is 10.1. The molecule has 0 bridgehead atoms. The molecule has 1 atom stereocenters. The number of hydrogen-bond donors (Lipinski definition) is 3. The third kappa shape index (κ3) is 8.07. The van der Waals surface area contributed by atoms with Crippen LogP contribution in [0.25, 0.3) is 11.2 Å². The average molecular weight is 575 g/mol. The van der Waals surface area contributed by atoms with Crippen molar-refractivity contribution in [3.63, 3.8) is 0 Å². The number of carbonyl (C=O) groups is 2. The minimum absolute atomic E-state index is 0.0254. The summed E-state index contributed by atoms with van der Waals surface area (Å²) in [4.78, 5) is 44.1. The summed E-state index contributed by atoms with van der Waals surface area (Å²) in [6.45, 7) is 5.99. The summed E-state index contributed by atoms with van der Waals surface area (Å²) in [6.07, 6.45) is 1.56. The summed E-state index contributed by atoms with van der Waals surface area (Å²) in [5, 5.41) is 2.68. The molecule has 0 aliphatic heterocycles. The number of nitrogen functional groups attached to an aromatic ring is 2. The molecule has 15 heteroatoms. The van der Waals surface area contributed by atoms with Gasteiger partial charge in [-0.25, -0.2) is 14.8 Å².